The summed E-state index contributed by atoms with van der Waals surface area (Å²) < 4.78 is 18.8. The van der Waals surface area contributed by atoms with Crippen LogP contribution < -0.4 is 4.74 Å². The Morgan fingerprint density at radius 1 is 0.862 bits per heavy atom. The highest BCUT2D eigenvalue weighted by atomic mass is 19.1. The summed E-state index contributed by atoms with van der Waals surface area (Å²) in [6.07, 6.45) is 0.0838. The number of carbonyl (C=O) groups excluding carboxylic acids is 3. The predicted octanol–water partition coefficient (Wildman–Crippen LogP) is 3.64. The van der Waals surface area contributed by atoms with Crippen LogP contribution in [0, 0.1) is 5.82 Å². The third-order valence-electron chi connectivity index (χ3n) is 4.70. The highest BCUT2D eigenvalue weighted by molar-refractivity contribution is 6.22. The molecule has 144 valence electrons. The molecule has 0 fully saturated rings. The van der Waals surface area contributed by atoms with E-state index in [0.29, 0.717) is 0 Å². The molecule has 3 aromatic rings. The lowest BCUT2D eigenvalue weighted by molar-refractivity contribution is -0.138. The van der Waals surface area contributed by atoms with Crippen LogP contribution >= 0.6 is 0 Å². The van der Waals surface area contributed by atoms with E-state index < -0.39 is 29.6 Å². The Hall–Kier alpha value is -3.80. The number of benzene rings is 3. The number of amides is 2. The summed E-state index contributed by atoms with van der Waals surface area (Å²) in [6.45, 7) is 0. The lowest BCUT2D eigenvalue weighted by Gasteiger charge is -2.24. The lowest BCUT2D eigenvalue weighted by Crippen LogP contribution is -2.48. The van der Waals surface area contributed by atoms with Crippen molar-refractivity contribution in [2.24, 2.45) is 0 Å². The molecule has 0 saturated carbocycles. The number of halogens is 1. The van der Waals surface area contributed by atoms with E-state index in [4.69, 9.17) is 4.74 Å². The monoisotopic (exact) mass is 389 g/mol. The van der Waals surface area contributed by atoms with Crippen molar-refractivity contribution < 1.29 is 23.5 Å². The summed E-state index contributed by atoms with van der Waals surface area (Å²) in [6, 6.07) is 19.4. The molecular formula is C23H16FNO4. The fourth-order valence-electron chi connectivity index (χ4n) is 3.32. The van der Waals surface area contributed by atoms with Crippen LogP contribution in [-0.2, 0) is 11.2 Å². The SMILES string of the molecule is O=C(Oc1cccc(F)c1)[C@H](Cc1ccccc1)N1C(=O)c2ccccc2C1=O. The molecule has 0 spiro atoms. The van der Waals surface area contributed by atoms with Crippen molar-refractivity contribution in [3.8, 4) is 5.75 Å². The second kappa shape index (κ2) is 7.67. The van der Waals surface area contributed by atoms with E-state index >= 15 is 0 Å². The van der Waals surface area contributed by atoms with Crippen LogP contribution in [0.4, 0.5) is 4.39 Å². The Morgan fingerprint density at radius 2 is 1.48 bits per heavy atom. The predicted molar refractivity (Wildman–Crippen MR) is 103 cm³/mol. The van der Waals surface area contributed by atoms with Crippen molar-refractivity contribution >= 4 is 17.8 Å². The van der Waals surface area contributed by atoms with Crippen molar-refractivity contribution in [2.75, 3.05) is 0 Å². The normalized spacial score (nSPS) is 13.9. The van der Waals surface area contributed by atoms with Crippen LogP contribution in [0.5, 0.6) is 5.75 Å². The maximum atomic E-state index is 13.5. The highest BCUT2D eigenvalue weighted by Crippen LogP contribution is 2.27. The third kappa shape index (κ3) is 3.65. The first-order valence-corrected chi connectivity index (χ1v) is 9.02. The summed E-state index contributed by atoms with van der Waals surface area (Å²) in [5.41, 5.74) is 1.24. The Morgan fingerprint density at radius 3 is 2.10 bits per heavy atom. The number of hydrogen-bond acceptors (Lipinski definition) is 4. The summed E-state index contributed by atoms with van der Waals surface area (Å²) >= 11 is 0. The van der Waals surface area contributed by atoms with Crippen LogP contribution in [0.25, 0.3) is 0 Å². The first-order chi connectivity index (χ1) is 14.0. The summed E-state index contributed by atoms with van der Waals surface area (Å²) in [5, 5.41) is 0. The third-order valence-corrected chi connectivity index (χ3v) is 4.70. The van der Waals surface area contributed by atoms with E-state index in [9.17, 15) is 18.8 Å². The Balaban J connectivity index is 1.68. The van der Waals surface area contributed by atoms with Crippen molar-refractivity contribution in [3.63, 3.8) is 0 Å². The van der Waals surface area contributed by atoms with Gasteiger partial charge in [0.2, 0.25) is 0 Å². The Bertz CT molecular complexity index is 1060. The van der Waals surface area contributed by atoms with Gasteiger partial charge in [-0.2, -0.15) is 0 Å². The van der Waals surface area contributed by atoms with Gasteiger partial charge in [0.15, 0.2) is 0 Å². The van der Waals surface area contributed by atoms with Gasteiger partial charge >= 0.3 is 5.97 Å². The van der Waals surface area contributed by atoms with Gasteiger partial charge in [-0.05, 0) is 29.8 Å². The van der Waals surface area contributed by atoms with Crippen LogP contribution in [0.1, 0.15) is 26.3 Å². The van der Waals surface area contributed by atoms with Gasteiger partial charge in [-0.15, -0.1) is 0 Å². The van der Waals surface area contributed by atoms with Gasteiger partial charge in [-0.25, -0.2) is 9.18 Å². The van der Waals surface area contributed by atoms with Crippen LogP contribution in [-0.4, -0.2) is 28.7 Å². The molecule has 0 N–H and O–H groups in total. The van der Waals surface area contributed by atoms with Gasteiger partial charge in [-0.1, -0.05) is 48.5 Å². The molecule has 1 atom stereocenters. The Labute approximate surface area is 166 Å². The second-order valence-electron chi connectivity index (χ2n) is 6.61. The maximum absolute atomic E-state index is 13.5. The quantitative estimate of drug-likeness (QED) is 0.380. The molecule has 0 saturated heterocycles. The van der Waals surface area contributed by atoms with Crippen LogP contribution in [0.3, 0.4) is 0 Å². The van der Waals surface area contributed by atoms with E-state index in [2.05, 4.69) is 0 Å². The molecule has 0 aliphatic carbocycles. The number of nitrogens with zero attached hydrogens (tertiary/aromatic N) is 1. The van der Waals surface area contributed by atoms with Crippen molar-refractivity contribution in [1.29, 1.82) is 0 Å². The van der Waals surface area contributed by atoms with E-state index in [1.165, 1.54) is 18.2 Å². The minimum absolute atomic E-state index is 0.00432. The smallest absolute Gasteiger partial charge is 0.335 e. The van der Waals surface area contributed by atoms with Gasteiger partial charge in [-0.3, -0.25) is 14.5 Å². The van der Waals surface area contributed by atoms with E-state index in [0.717, 1.165) is 16.5 Å². The molecule has 1 heterocycles. The molecule has 29 heavy (non-hydrogen) atoms. The molecule has 4 rings (SSSR count). The number of carbonyl (C=O) groups is 3. The average molecular weight is 389 g/mol. The van der Waals surface area contributed by atoms with Crippen molar-refractivity contribution in [3.05, 3.63) is 101 Å². The summed E-state index contributed by atoms with van der Waals surface area (Å²) in [4.78, 5) is 39.7. The maximum Gasteiger partial charge on any atom is 0.335 e. The first kappa shape index (κ1) is 18.6. The number of rotatable bonds is 5. The molecule has 6 heteroatoms. The van der Waals surface area contributed by atoms with Gasteiger partial charge in [0.1, 0.15) is 17.6 Å². The zero-order valence-electron chi connectivity index (χ0n) is 15.2. The molecule has 3 aromatic carbocycles. The molecular weight excluding hydrogens is 373 g/mol. The standard InChI is InChI=1S/C23H16FNO4/c24-16-9-6-10-17(14-16)29-23(28)20(13-15-7-2-1-3-8-15)25-21(26)18-11-4-5-12-19(18)22(25)27/h1-12,14,20H,13H2/t20-/m0/s1. The van der Waals surface area contributed by atoms with Gasteiger partial charge in [0, 0.05) is 12.5 Å². The minimum atomic E-state index is -1.19. The average Bonchev–Trinajstić information content (AvgIpc) is 2.98. The number of ether oxygens (including phenoxy) is 1. The number of fused-ring (bicyclic) bond motifs is 1. The fraction of sp³-hybridized carbons (Fsp3) is 0.0870. The first-order valence-electron chi connectivity index (χ1n) is 9.02. The molecule has 1 aliphatic heterocycles. The number of esters is 1. The summed E-state index contributed by atoms with van der Waals surface area (Å²) in [7, 11) is 0. The van der Waals surface area contributed by atoms with Gasteiger partial charge < -0.3 is 4.74 Å². The molecule has 0 bridgehead atoms. The van der Waals surface area contributed by atoms with Crippen molar-refractivity contribution in [2.45, 2.75) is 12.5 Å². The van der Waals surface area contributed by atoms with Gasteiger partial charge in [0.05, 0.1) is 11.1 Å². The molecule has 0 aromatic heterocycles. The lowest BCUT2D eigenvalue weighted by atomic mass is 10.0. The highest BCUT2D eigenvalue weighted by Gasteiger charge is 2.43. The number of hydrogen-bond donors (Lipinski definition) is 0. The molecule has 5 nitrogen and oxygen atoms in total. The van der Waals surface area contributed by atoms with E-state index in [1.807, 2.05) is 6.07 Å². The van der Waals surface area contributed by atoms with Crippen LogP contribution in [0.15, 0.2) is 78.9 Å². The number of imide groups is 1. The fourth-order valence-corrected chi connectivity index (χ4v) is 3.32. The zero-order valence-corrected chi connectivity index (χ0v) is 15.2. The zero-order chi connectivity index (χ0) is 20.4. The largest absolute Gasteiger partial charge is 0.425 e. The van der Waals surface area contributed by atoms with E-state index in [-0.39, 0.29) is 23.3 Å². The second-order valence-corrected chi connectivity index (χ2v) is 6.61. The molecule has 1 aliphatic rings. The molecule has 0 radical (unpaired) electrons. The minimum Gasteiger partial charge on any atom is -0.425 e. The summed E-state index contributed by atoms with van der Waals surface area (Å²) in [5.74, 6) is -2.47. The van der Waals surface area contributed by atoms with Gasteiger partial charge in [0.25, 0.3) is 11.8 Å². The molecule has 2 amide bonds. The molecule has 0 unspecified atom stereocenters. The van der Waals surface area contributed by atoms with Crippen molar-refractivity contribution in [1.82, 2.24) is 4.90 Å². The van der Waals surface area contributed by atoms with Crippen LogP contribution in [0.2, 0.25) is 0 Å². The topological polar surface area (TPSA) is 63.7 Å². The van der Waals surface area contributed by atoms with E-state index in [1.54, 1.807) is 48.5 Å². The Kier molecular flexibility index (Phi) is 4.91.